The molecule has 150 valence electrons. The SMILES string of the molecule is COc1ccccc1-c1cccc(COc2ccc(S(=O)(=O)CC(=O)O)cc2)c1. The lowest BCUT2D eigenvalue weighted by molar-refractivity contribution is -0.134. The zero-order valence-electron chi connectivity index (χ0n) is 15.7. The van der Waals surface area contributed by atoms with Crippen LogP contribution in [0.25, 0.3) is 11.1 Å². The van der Waals surface area contributed by atoms with Gasteiger partial charge in [0.25, 0.3) is 0 Å². The third-order valence-electron chi connectivity index (χ3n) is 4.25. The van der Waals surface area contributed by atoms with Crippen molar-refractivity contribution >= 4 is 15.8 Å². The van der Waals surface area contributed by atoms with Crippen LogP contribution < -0.4 is 9.47 Å². The van der Waals surface area contributed by atoms with E-state index in [4.69, 9.17) is 14.6 Å². The molecule has 0 saturated heterocycles. The third-order valence-corrected chi connectivity index (χ3v) is 5.86. The number of sulfone groups is 1. The molecule has 0 saturated carbocycles. The van der Waals surface area contributed by atoms with Crippen molar-refractivity contribution in [3.8, 4) is 22.6 Å². The zero-order chi connectivity index (χ0) is 20.9. The van der Waals surface area contributed by atoms with Crippen LogP contribution in [0.5, 0.6) is 11.5 Å². The molecule has 0 radical (unpaired) electrons. The van der Waals surface area contributed by atoms with E-state index in [0.29, 0.717) is 12.4 Å². The number of benzene rings is 3. The first-order chi connectivity index (χ1) is 13.9. The van der Waals surface area contributed by atoms with Crippen LogP contribution in [-0.2, 0) is 21.2 Å². The maximum Gasteiger partial charge on any atom is 0.319 e. The summed E-state index contributed by atoms with van der Waals surface area (Å²) < 4.78 is 35.0. The maximum absolute atomic E-state index is 11.9. The number of hydrogen-bond donors (Lipinski definition) is 1. The molecule has 3 aromatic carbocycles. The van der Waals surface area contributed by atoms with Gasteiger partial charge in [-0.2, -0.15) is 0 Å². The molecule has 0 unspecified atom stereocenters. The van der Waals surface area contributed by atoms with Gasteiger partial charge in [-0.25, -0.2) is 8.42 Å². The average Bonchev–Trinajstić information content (AvgIpc) is 2.72. The number of aliphatic carboxylic acids is 1. The number of para-hydroxylation sites is 1. The van der Waals surface area contributed by atoms with Gasteiger partial charge in [0.2, 0.25) is 0 Å². The Morgan fingerprint density at radius 2 is 1.69 bits per heavy atom. The van der Waals surface area contributed by atoms with E-state index in [-0.39, 0.29) is 4.90 Å². The van der Waals surface area contributed by atoms with E-state index in [1.54, 1.807) is 7.11 Å². The van der Waals surface area contributed by atoms with E-state index in [2.05, 4.69) is 0 Å². The van der Waals surface area contributed by atoms with Crippen molar-refractivity contribution < 1.29 is 27.8 Å². The Morgan fingerprint density at radius 3 is 2.38 bits per heavy atom. The standard InChI is InChI=1S/C22H20O6S/c1-27-21-8-3-2-7-20(21)17-6-4-5-16(13-17)14-28-18-9-11-19(12-10-18)29(25,26)15-22(23)24/h2-13H,14-15H2,1H3,(H,23,24). The monoisotopic (exact) mass is 412 g/mol. The number of rotatable bonds is 8. The minimum absolute atomic E-state index is 0.0505. The Labute approximate surface area is 169 Å². The summed E-state index contributed by atoms with van der Waals surface area (Å²) >= 11 is 0. The van der Waals surface area contributed by atoms with Crippen molar-refractivity contribution in [2.45, 2.75) is 11.5 Å². The van der Waals surface area contributed by atoms with Crippen molar-refractivity contribution in [1.29, 1.82) is 0 Å². The predicted molar refractivity (Wildman–Crippen MR) is 109 cm³/mol. The fraction of sp³-hybridized carbons (Fsp3) is 0.136. The number of ether oxygens (including phenoxy) is 2. The topological polar surface area (TPSA) is 89.9 Å². The normalized spacial score (nSPS) is 11.1. The Morgan fingerprint density at radius 1 is 0.966 bits per heavy atom. The highest BCUT2D eigenvalue weighted by Crippen LogP contribution is 2.30. The van der Waals surface area contributed by atoms with Crippen LogP contribution >= 0.6 is 0 Å². The molecule has 3 rings (SSSR count). The van der Waals surface area contributed by atoms with Gasteiger partial charge in [0.1, 0.15) is 18.1 Å². The molecule has 1 N–H and O–H groups in total. The van der Waals surface area contributed by atoms with Crippen molar-refractivity contribution in [2.75, 3.05) is 12.9 Å². The Kier molecular flexibility index (Phi) is 6.19. The van der Waals surface area contributed by atoms with Crippen LogP contribution in [0, 0.1) is 0 Å². The van der Waals surface area contributed by atoms with Gasteiger partial charge >= 0.3 is 5.97 Å². The summed E-state index contributed by atoms with van der Waals surface area (Å²) in [6.07, 6.45) is 0. The molecule has 0 aliphatic heterocycles. The second-order valence-electron chi connectivity index (χ2n) is 6.31. The largest absolute Gasteiger partial charge is 0.496 e. The van der Waals surface area contributed by atoms with Crippen molar-refractivity contribution in [2.24, 2.45) is 0 Å². The fourth-order valence-electron chi connectivity index (χ4n) is 2.87. The maximum atomic E-state index is 11.9. The van der Waals surface area contributed by atoms with Crippen molar-refractivity contribution in [1.82, 2.24) is 0 Å². The van der Waals surface area contributed by atoms with E-state index < -0.39 is 21.6 Å². The molecule has 29 heavy (non-hydrogen) atoms. The molecule has 0 atom stereocenters. The quantitative estimate of drug-likeness (QED) is 0.605. The molecule has 0 aliphatic rings. The summed E-state index contributed by atoms with van der Waals surface area (Å²) in [6, 6.07) is 21.3. The van der Waals surface area contributed by atoms with Crippen LogP contribution in [-0.4, -0.2) is 32.4 Å². The number of carboxylic acids is 1. The first kappa shape index (κ1) is 20.4. The summed E-state index contributed by atoms with van der Waals surface area (Å²) in [4.78, 5) is 10.6. The molecule has 0 heterocycles. The number of carboxylic acid groups (broad SMARTS) is 1. The summed E-state index contributed by atoms with van der Waals surface area (Å²) in [6.45, 7) is 0.296. The molecule has 7 heteroatoms. The second-order valence-corrected chi connectivity index (χ2v) is 8.30. The Hall–Kier alpha value is -3.32. The van der Waals surface area contributed by atoms with Gasteiger partial charge in [0, 0.05) is 5.56 Å². The smallest absolute Gasteiger partial charge is 0.319 e. The van der Waals surface area contributed by atoms with E-state index in [9.17, 15) is 13.2 Å². The van der Waals surface area contributed by atoms with Crippen LogP contribution in [0.1, 0.15) is 5.56 Å². The molecule has 0 bridgehead atoms. The lowest BCUT2D eigenvalue weighted by Gasteiger charge is -2.11. The second kappa shape index (κ2) is 8.79. The van der Waals surface area contributed by atoms with Gasteiger partial charge in [-0.3, -0.25) is 4.79 Å². The highest BCUT2D eigenvalue weighted by Gasteiger charge is 2.18. The molecule has 6 nitrogen and oxygen atoms in total. The van der Waals surface area contributed by atoms with Crippen molar-refractivity contribution in [3.05, 3.63) is 78.4 Å². The lowest BCUT2D eigenvalue weighted by atomic mass is 10.0. The molecule has 0 amide bonds. The fourth-order valence-corrected chi connectivity index (χ4v) is 3.91. The molecular formula is C22H20O6S. The highest BCUT2D eigenvalue weighted by molar-refractivity contribution is 7.92. The van der Waals surface area contributed by atoms with Gasteiger partial charge in [-0.05, 0) is 47.5 Å². The average molecular weight is 412 g/mol. The minimum Gasteiger partial charge on any atom is -0.496 e. The highest BCUT2D eigenvalue weighted by atomic mass is 32.2. The first-order valence-corrected chi connectivity index (χ1v) is 10.4. The van der Waals surface area contributed by atoms with Crippen LogP contribution in [0.2, 0.25) is 0 Å². The Bertz CT molecular complexity index is 1100. The van der Waals surface area contributed by atoms with Crippen LogP contribution in [0.4, 0.5) is 0 Å². The van der Waals surface area contributed by atoms with Gasteiger partial charge in [-0.1, -0.05) is 36.4 Å². The van der Waals surface area contributed by atoms with E-state index in [0.717, 1.165) is 22.4 Å². The summed E-state index contributed by atoms with van der Waals surface area (Å²) in [7, 11) is -2.22. The molecule has 0 spiro atoms. The predicted octanol–water partition coefficient (Wildman–Crippen LogP) is 3.80. The minimum atomic E-state index is -3.85. The molecule has 0 aliphatic carbocycles. The number of methoxy groups -OCH3 is 1. The summed E-state index contributed by atoms with van der Waals surface area (Å²) in [5, 5.41) is 8.70. The zero-order valence-corrected chi connectivity index (χ0v) is 16.6. The summed E-state index contributed by atoms with van der Waals surface area (Å²) in [5.74, 6) is -1.06. The molecule has 3 aromatic rings. The van der Waals surface area contributed by atoms with Crippen LogP contribution in [0.3, 0.4) is 0 Å². The van der Waals surface area contributed by atoms with Crippen LogP contribution in [0.15, 0.2) is 77.7 Å². The molecular weight excluding hydrogens is 392 g/mol. The van der Waals surface area contributed by atoms with Gasteiger partial charge in [0.15, 0.2) is 15.6 Å². The summed E-state index contributed by atoms with van der Waals surface area (Å²) in [5.41, 5.74) is 2.92. The number of carbonyl (C=O) groups is 1. The van der Waals surface area contributed by atoms with Gasteiger partial charge in [0.05, 0.1) is 12.0 Å². The molecule has 0 fully saturated rings. The van der Waals surface area contributed by atoms with Crippen molar-refractivity contribution in [3.63, 3.8) is 0 Å². The van der Waals surface area contributed by atoms with E-state index in [1.165, 1.54) is 24.3 Å². The molecule has 0 aromatic heterocycles. The Balaban J connectivity index is 1.72. The van der Waals surface area contributed by atoms with E-state index in [1.807, 2.05) is 48.5 Å². The number of hydrogen-bond acceptors (Lipinski definition) is 5. The first-order valence-electron chi connectivity index (χ1n) is 8.79. The lowest BCUT2D eigenvalue weighted by Crippen LogP contribution is -2.15. The third kappa shape index (κ3) is 5.14. The van der Waals surface area contributed by atoms with E-state index >= 15 is 0 Å². The van der Waals surface area contributed by atoms with Gasteiger partial charge < -0.3 is 14.6 Å². The van der Waals surface area contributed by atoms with Gasteiger partial charge in [-0.15, -0.1) is 0 Å².